The molecular formula is C21H26N2O2. The summed E-state index contributed by atoms with van der Waals surface area (Å²) in [6.07, 6.45) is 3.19. The highest BCUT2D eigenvalue weighted by molar-refractivity contribution is 5.97. The SMILES string of the molecule is CN(C)[C@@H]1CCCN(C(=O)c2ccccc2Oc2ccccc2)CC1. The Morgan fingerprint density at radius 1 is 1.00 bits per heavy atom. The number of hydrogen-bond donors (Lipinski definition) is 0. The normalized spacial score (nSPS) is 18.0. The molecule has 4 nitrogen and oxygen atoms in total. The number of hydrogen-bond acceptors (Lipinski definition) is 3. The van der Waals surface area contributed by atoms with Gasteiger partial charge in [-0.15, -0.1) is 0 Å². The smallest absolute Gasteiger partial charge is 0.257 e. The van der Waals surface area contributed by atoms with Gasteiger partial charge >= 0.3 is 0 Å². The molecule has 1 atom stereocenters. The maximum atomic E-state index is 13.1. The summed E-state index contributed by atoms with van der Waals surface area (Å²) < 4.78 is 5.96. The van der Waals surface area contributed by atoms with E-state index in [2.05, 4.69) is 19.0 Å². The van der Waals surface area contributed by atoms with Crippen LogP contribution in [0.2, 0.25) is 0 Å². The van der Waals surface area contributed by atoms with Gasteiger partial charge in [0, 0.05) is 19.1 Å². The highest BCUT2D eigenvalue weighted by Crippen LogP contribution is 2.27. The van der Waals surface area contributed by atoms with Crippen molar-refractivity contribution in [2.75, 3.05) is 27.2 Å². The van der Waals surface area contributed by atoms with Gasteiger partial charge in [0.05, 0.1) is 5.56 Å². The molecule has 1 heterocycles. The van der Waals surface area contributed by atoms with Crippen LogP contribution in [-0.4, -0.2) is 48.9 Å². The van der Waals surface area contributed by atoms with Crippen molar-refractivity contribution < 1.29 is 9.53 Å². The molecule has 2 aromatic carbocycles. The van der Waals surface area contributed by atoms with Crippen LogP contribution in [0, 0.1) is 0 Å². The van der Waals surface area contributed by atoms with Crippen LogP contribution < -0.4 is 4.74 Å². The van der Waals surface area contributed by atoms with E-state index in [0.717, 1.165) is 38.1 Å². The molecule has 1 fully saturated rings. The van der Waals surface area contributed by atoms with Gasteiger partial charge in [0.1, 0.15) is 11.5 Å². The van der Waals surface area contributed by atoms with Crippen molar-refractivity contribution in [2.24, 2.45) is 0 Å². The molecule has 1 aliphatic heterocycles. The molecule has 0 radical (unpaired) electrons. The lowest BCUT2D eigenvalue weighted by atomic mass is 10.1. The second-order valence-electron chi connectivity index (χ2n) is 6.75. The highest BCUT2D eigenvalue weighted by Gasteiger charge is 2.24. The zero-order valence-electron chi connectivity index (χ0n) is 15.0. The number of nitrogens with zero attached hydrogens (tertiary/aromatic N) is 2. The standard InChI is InChI=1S/C21H26N2O2/c1-22(2)17-9-8-15-23(16-14-17)21(24)19-12-6-7-13-20(19)25-18-10-4-3-5-11-18/h3-7,10-13,17H,8-9,14-16H2,1-2H3/t17-/m1/s1. The minimum absolute atomic E-state index is 0.0611. The Hall–Kier alpha value is -2.33. The van der Waals surface area contributed by atoms with Gasteiger partial charge in [0.15, 0.2) is 0 Å². The van der Waals surface area contributed by atoms with E-state index in [0.29, 0.717) is 17.4 Å². The van der Waals surface area contributed by atoms with Crippen molar-refractivity contribution >= 4 is 5.91 Å². The first-order chi connectivity index (χ1) is 12.1. The van der Waals surface area contributed by atoms with Crippen molar-refractivity contribution in [2.45, 2.75) is 25.3 Å². The van der Waals surface area contributed by atoms with Gasteiger partial charge in [-0.2, -0.15) is 0 Å². The maximum Gasteiger partial charge on any atom is 0.257 e. The minimum atomic E-state index is 0.0611. The summed E-state index contributed by atoms with van der Waals surface area (Å²) in [5.41, 5.74) is 0.634. The summed E-state index contributed by atoms with van der Waals surface area (Å²) in [5.74, 6) is 1.42. The van der Waals surface area contributed by atoms with Crippen LogP contribution >= 0.6 is 0 Å². The Balaban J connectivity index is 1.76. The Morgan fingerprint density at radius 3 is 2.48 bits per heavy atom. The first-order valence-electron chi connectivity index (χ1n) is 8.93. The first-order valence-corrected chi connectivity index (χ1v) is 8.93. The number of amides is 1. The molecule has 1 amide bonds. The summed E-state index contributed by atoms with van der Waals surface area (Å²) in [5, 5.41) is 0. The average molecular weight is 338 g/mol. The Morgan fingerprint density at radius 2 is 1.72 bits per heavy atom. The molecular weight excluding hydrogens is 312 g/mol. The van der Waals surface area contributed by atoms with Crippen LogP contribution in [0.5, 0.6) is 11.5 Å². The lowest BCUT2D eigenvalue weighted by Crippen LogP contribution is -2.34. The van der Waals surface area contributed by atoms with E-state index in [1.165, 1.54) is 0 Å². The summed E-state index contributed by atoms with van der Waals surface area (Å²) in [7, 11) is 4.23. The molecule has 132 valence electrons. The maximum absolute atomic E-state index is 13.1. The number of ether oxygens (including phenoxy) is 1. The number of rotatable bonds is 4. The van der Waals surface area contributed by atoms with E-state index < -0.39 is 0 Å². The Labute approximate surface area is 150 Å². The van der Waals surface area contributed by atoms with Gasteiger partial charge in [-0.25, -0.2) is 0 Å². The van der Waals surface area contributed by atoms with Crippen molar-refractivity contribution in [1.29, 1.82) is 0 Å². The average Bonchev–Trinajstić information content (AvgIpc) is 2.89. The fourth-order valence-electron chi connectivity index (χ4n) is 3.32. The third-order valence-corrected chi connectivity index (χ3v) is 4.80. The van der Waals surface area contributed by atoms with E-state index in [9.17, 15) is 4.79 Å². The number of carbonyl (C=O) groups excluding carboxylic acids is 1. The number of benzene rings is 2. The molecule has 0 aromatic heterocycles. The predicted octanol–water partition coefficient (Wildman–Crippen LogP) is 4.04. The molecule has 1 saturated heterocycles. The van der Waals surface area contributed by atoms with Crippen molar-refractivity contribution in [3.63, 3.8) is 0 Å². The van der Waals surface area contributed by atoms with Crippen molar-refractivity contribution in [3.05, 3.63) is 60.2 Å². The van der Waals surface area contributed by atoms with Gasteiger partial charge in [0.25, 0.3) is 5.91 Å². The summed E-state index contributed by atoms with van der Waals surface area (Å²) in [6.45, 7) is 1.60. The summed E-state index contributed by atoms with van der Waals surface area (Å²) in [6, 6.07) is 17.7. The van der Waals surface area contributed by atoms with E-state index in [-0.39, 0.29) is 5.91 Å². The quantitative estimate of drug-likeness (QED) is 0.843. The van der Waals surface area contributed by atoms with Crippen LogP contribution in [0.3, 0.4) is 0 Å². The fraction of sp³-hybridized carbons (Fsp3) is 0.381. The molecule has 0 N–H and O–H groups in total. The number of para-hydroxylation sites is 2. The van der Waals surface area contributed by atoms with E-state index >= 15 is 0 Å². The van der Waals surface area contributed by atoms with Gasteiger partial charge < -0.3 is 14.5 Å². The molecule has 1 aliphatic rings. The van der Waals surface area contributed by atoms with Gasteiger partial charge in [-0.05, 0) is 57.6 Å². The fourth-order valence-corrected chi connectivity index (χ4v) is 3.32. The lowest BCUT2D eigenvalue weighted by Gasteiger charge is -2.24. The molecule has 25 heavy (non-hydrogen) atoms. The summed E-state index contributed by atoms with van der Waals surface area (Å²) in [4.78, 5) is 17.3. The van der Waals surface area contributed by atoms with Crippen molar-refractivity contribution in [1.82, 2.24) is 9.80 Å². The molecule has 0 aliphatic carbocycles. The molecule has 4 heteroatoms. The Bertz CT molecular complexity index is 700. The lowest BCUT2D eigenvalue weighted by molar-refractivity contribution is 0.0756. The first kappa shape index (κ1) is 17.5. The van der Waals surface area contributed by atoms with E-state index in [1.54, 1.807) is 0 Å². The number of carbonyl (C=O) groups is 1. The van der Waals surface area contributed by atoms with Gasteiger partial charge in [-0.1, -0.05) is 30.3 Å². The monoisotopic (exact) mass is 338 g/mol. The van der Waals surface area contributed by atoms with Crippen molar-refractivity contribution in [3.8, 4) is 11.5 Å². The molecule has 0 bridgehead atoms. The van der Waals surface area contributed by atoms with Crippen LogP contribution in [0.4, 0.5) is 0 Å². The molecule has 0 spiro atoms. The predicted molar refractivity (Wildman–Crippen MR) is 100 cm³/mol. The third kappa shape index (κ3) is 4.40. The second kappa shape index (κ2) is 8.17. The highest BCUT2D eigenvalue weighted by atomic mass is 16.5. The second-order valence-corrected chi connectivity index (χ2v) is 6.75. The zero-order chi connectivity index (χ0) is 17.6. The van der Waals surface area contributed by atoms with Gasteiger partial charge in [-0.3, -0.25) is 4.79 Å². The van der Waals surface area contributed by atoms with Crippen LogP contribution in [0.25, 0.3) is 0 Å². The van der Waals surface area contributed by atoms with Gasteiger partial charge in [0.2, 0.25) is 0 Å². The van der Waals surface area contributed by atoms with Crippen LogP contribution in [0.15, 0.2) is 54.6 Å². The topological polar surface area (TPSA) is 32.8 Å². The largest absolute Gasteiger partial charge is 0.457 e. The van der Waals surface area contributed by atoms with Crippen LogP contribution in [0.1, 0.15) is 29.6 Å². The Kier molecular flexibility index (Phi) is 5.71. The molecule has 0 unspecified atom stereocenters. The zero-order valence-corrected chi connectivity index (χ0v) is 15.0. The van der Waals surface area contributed by atoms with E-state index in [4.69, 9.17) is 4.74 Å². The molecule has 3 rings (SSSR count). The van der Waals surface area contributed by atoms with Crippen LogP contribution in [-0.2, 0) is 0 Å². The van der Waals surface area contributed by atoms with E-state index in [1.807, 2.05) is 59.5 Å². The number of likely N-dealkylation sites (tertiary alicyclic amines) is 1. The summed E-state index contributed by atoms with van der Waals surface area (Å²) >= 11 is 0. The molecule has 2 aromatic rings. The minimum Gasteiger partial charge on any atom is -0.457 e. The molecule has 0 saturated carbocycles. The third-order valence-electron chi connectivity index (χ3n) is 4.80.